The maximum atomic E-state index is 10.8. The molecule has 0 unspecified atom stereocenters. The van der Waals surface area contributed by atoms with Gasteiger partial charge in [-0.1, -0.05) is 0 Å². The van der Waals surface area contributed by atoms with Crippen LogP contribution in [0, 0.1) is 23.5 Å². The van der Waals surface area contributed by atoms with Crippen LogP contribution in [0.3, 0.4) is 0 Å². The van der Waals surface area contributed by atoms with Crippen LogP contribution in [-0.2, 0) is 0 Å². The SMILES string of the molecule is Cc1c[n+]([O-])c(N)c(C#N)n1. The van der Waals surface area contributed by atoms with Crippen molar-refractivity contribution in [3.63, 3.8) is 0 Å². The lowest BCUT2D eigenvalue weighted by molar-refractivity contribution is -0.591. The molecule has 5 heteroatoms. The van der Waals surface area contributed by atoms with Crippen LogP contribution in [0.15, 0.2) is 6.20 Å². The highest BCUT2D eigenvalue weighted by molar-refractivity contribution is 5.38. The number of nitrogen functional groups attached to an aromatic ring is 1. The highest BCUT2D eigenvalue weighted by Crippen LogP contribution is 2.00. The minimum atomic E-state index is -0.155. The zero-order chi connectivity index (χ0) is 8.43. The quantitative estimate of drug-likeness (QED) is 0.398. The first-order valence-electron chi connectivity index (χ1n) is 2.91. The van der Waals surface area contributed by atoms with Crippen LogP contribution in [0.2, 0.25) is 0 Å². The van der Waals surface area contributed by atoms with Gasteiger partial charge in [-0.2, -0.15) is 5.26 Å². The van der Waals surface area contributed by atoms with E-state index >= 15 is 0 Å². The molecule has 1 aromatic rings. The number of hydrogen-bond donors (Lipinski definition) is 1. The lowest BCUT2D eigenvalue weighted by Crippen LogP contribution is -2.32. The Balaban J connectivity index is 3.39. The zero-order valence-corrected chi connectivity index (χ0v) is 5.90. The van der Waals surface area contributed by atoms with Gasteiger partial charge in [0.2, 0.25) is 5.69 Å². The maximum absolute atomic E-state index is 10.8. The Labute approximate surface area is 63.3 Å². The van der Waals surface area contributed by atoms with Gasteiger partial charge in [0.1, 0.15) is 12.3 Å². The summed E-state index contributed by atoms with van der Waals surface area (Å²) >= 11 is 0. The summed E-state index contributed by atoms with van der Waals surface area (Å²) in [6.07, 6.45) is 1.22. The molecule has 0 saturated carbocycles. The average Bonchev–Trinajstić information content (AvgIpc) is 1.96. The number of aryl methyl sites for hydroxylation is 1. The normalized spacial score (nSPS) is 9.09. The third kappa shape index (κ3) is 1.19. The smallest absolute Gasteiger partial charge is 0.312 e. The molecule has 5 nitrogen and oxygen atoms in total. The molecule has 0 aromatic carbocycles. The second-order valence-corrected chi connectivity index (χ2v) is 2.05. The Morgan fingerprint density at radius 1 is 1.82 bits per heavy atom. The van der Waals surface area contributed by atoms with Crippen LogP contribution in [0.4, 0.5) is 5.82 Å². The van der Waals surface area contributed by atoms with Crippen LogP contribution in [-0.4, -0.2) is 4.98 Å². The molecule has 0 saturated heterocycles. The molecule has 0 spiro atoms. The fourth-order valence-corrected chi connectivity index (χ4v) is 0.688. The summed E-state index contributed by atoms with van der Waals surface area (Å²) in [7, 11) is 0. The number of nitrogens with zero attached hydrogens (tertiary/aromatic N) is 3. The number of rotatable bonds is 0. The minimum absolute atomic E-state index is 0.0278. The number of nitrogens with two attached hydrogens (primary N) is 1. The van der Waals surface area contributed by atoms with Crippen molar-refractivity contribution in [3.8, 4) is 6.07 Å². The van der Waals surface area contributed by atoms with Gasteiger partial charge in [-0.25, -0.2) is 9.71 Å². The van der Waals surface area contributed by atoms with Gasteiger partial charge in [-0.05, 0) is 6.92 Å². The maximum Gasteiger partial charge on any atom is 0.312 e. The summed E-state index contributed by atoms with van der Waals surface area (Å²) in [5.74, 6) is -0.155. The summed E-state index contributed by atoms with van der Waals surface area (Å²) in [4.78, 5) is 3.75. The van der Waals surface area contributed by atoms with E-state index in [4.69, 9.17) is 11.0 Å². The molecule has 1 heterocycles. The molecule has 0 amide bonds. The van der Waals surface area contributed by atoms with Crippen LogP contribution in [0.25, 0.3) is 0 Å². The van der Waals surface area contributed by atoms with E-state index in [2.05, 4.69) is 4.98 Å². The van der Waals surface area contributed by atoms with E-state index < -0.39 is 0 Å². The Kier molecular flexibility index (Phi) is 1.60. The molecule has 0 bridgehead atoms. The molecule has 1 aromatic heterocycles. The number of hydrogen-bond acceptors (Lipinski definition) is 4. The molecule has 0 fully saturated rings. The fraction of sp³-hybridized carbons (Fsp3) is 0.167. The van der Waals surface area contributed by atoms with Crippen molar-refractivity contribution < 1.29 is 4.73 Å². The van der Waals surface area contributed by atoms with Crippen molar-refractivity contribution in [2.24, 2.45) is 0 Å². The average molecular weight is 150 g/mol. The molecule has 56 valence electrons. The van der Waals surface area contributed by atoms with Crippen molar-refractivity contribution in [2.75, 3.05) is 5.73 Å². The highest BCUT2D eigenvalue weighted by atomic mass is 16.5. The predicted octanol–water partition coefficient (Wildman–Crippen LogP) is -0.523. The van der Waals surface area contributed by atoms with E-state index in [1.54, 1.807) is 13.0 Å². The van der Waals surface area contributed by atoms with Gasteiger partial charge in [0.05, 0.1) is 5.69 Å². The Morgan fingerprint density at radius 2 is 2.45 bits per heavy atom. The summed E-state index contributed by atoms with van der Waals surface area (Å²) < 4.78 is 0.431. The Morgan fingerprint density at radius 3 is 3.00 bits per heavy atom. The lowest BCUT2D eigenvalue weighted by atomic mass is 10.4. The van der Waals surface area contributed by atoms with Gasteiger partial charge in [-0.15, -0.1) is 0 Å². The summed E-state index contributed by atoms with van der Waals surface area (Å²) in [6, 6.07) is 1.72. The van der Waals surface area contributed by atoms with Crippen molar-refractivity contribution >= 4 is 5.82 Å². The van der Waals surface area contributed by atoms with E-state index in [-0.39, 0.29) is 11.5 Å². The minimum Gasteiger partial charge on any atom is -0.710 e. The molecule has 0 radical (unpaired) electrons. The lowest BCUT2D eigenvalue weighted by Gasteiger charge is -2.04. The largest absolute Gasteiger partial charge is 0.710 e. The highest BCUT2D eigenvalue weighted by Gasteiger charge is 2.07. The first-order chi connectivity index (χ1) is 5.15. The van der Waals surface area contributed by atoms with Crippen molar-refractivity contribution in [3.05, 3.63) is 22.8 Å². The van der Waals surface area contributed by atoms with Gasteiger partial charge in [-0.3, -0.25) is 5.73 Å². The van der Waals surface area contributed by atoms with Crippen molar-refractivity contribution in [1.82, 2.24) is 4.98 Å². The molecule has 11 heavy (non-hydrogen) atoms. The number of aromatic nitrogens is 2. The van der Waals surface area contributed by atoms with E-state index in [9.17, 15) is 5.21 Å². The monoisotopic (exact) mass is 150 g/mol. The molecule has 0 atom stereocenters. The first-order valence-corrected chi connectivity index (χ1v) is 2.91. The molecule has 1 rings (SSSR count). The summed E-state index contributed by atoms with van der Waals surface area (Å²) in [5, 5.41) is 19.2. The van der Waals surface area contributed by atoms with E-state index in [1.807, 2.05) is 0 Å². The summed E-state index contributed by atoms with van der Waals surface area (Å²) in [6.45, 7) is 1.62. The standard InChI is InChI=1S/C6H6N4O/c1-4-3-10(11)6(8)5(2-7)9-4/h3H,8H2,1H3. The predicted molar refractivity (Wildman–Crippen MR) is 37.1 cm³/mol. The summed E-state index contributed by atoms with van der Waals surface area (Å²) in [5.41, 5.74) is 5.68. The molecule has 0 aliphatic rings. The number of nitriles is 1. The zero-order valence-electron chi connectivity index (χ0n) is 5.90. The third-order valence-corrected chi connectivity index (χ3v) is 1.18. The third-order valence-electron chi connectivity index (χ3n) is 1.18. The fourth-order valence-electron chi connectivity index (χ4n) is 0.688. The second-order valence-electron chi connectivity index (χ2n) is 2.05. The van der Waals surface area contributed by atoms with E-state index in [0.29, 0.717) is 10.4 Å². The van der Waals surface area contributed by atoms with Gasteiger partial charge in [0.25, 0.3) is 0 Å². The number of anilines is 1. The van der Waals surface area contributed by atoms with Crippen LogP contribution in [0.5, 0.6) is 0 Å². The van der Waals surface area contributed by atoms with Gasteiger partial charge >= 0.3 is 5.82 Å². The topological polar surface area (TPSA) is 89.6 Å². The molecule has 0 aliphatic heterocycles. The second kappa shape index (κ2) is 2.42. The van der Waals surface area contributed by atoms with Gasteiger partial charge in [0.15, 0.2) is 0 Å². The van der Waals surface area contributed by atoms with Crippen LogP contribution >= 0.6 is 0 Å². The Hall–Kier alpha value is -1.83. The van der Waals surface area contributed by atoms with Crippen molar-refractivity contribution in [2.45, 2.75) is 6.92 Å². The molecular formula is C6H6N4O. The molecule has 2 N–H and O–H groups in total. The van der Waals surface area contributed by atoms with Crippen molar-refractivity contribution in [1.29, 1.82) is 5.26 Å². The van der Waals surface area contributed by atoms with Crippen LogP contribution in [0.1, 0.15) is 11.4 Å². The van der Waals surface area contributed by atoms with E-state index in [1.165, 1.54) is 6.20 Å². The molecular weight excluding hydrogens is 144 g/mol. The van der Waals surface area contributed by atoms with E-state index in [0.717, 1.165) is 0 Å². The first kappa shape index (κ1) is 7.28. The van der Waals surface area contributed by atoms with Gasteiger partial charge < -0.3 is 5.21 Å². The van der Waals surface area contributed by atoms with Gasteiger partial charge in [0, 0.05) is 0 Å². The van der Waals surface area contributed by atoms with Crippen LogP contribution < -0.4 is 10.5 Å². The Bertz CT molecular complexity index is 328. The molecule has 0 aliphatic carbocycles.